The van der Waals surface area contributed by atoms with Crippen LogP contribution in [-0.4, -0.2) is 30.6 Å². The quantitative estimate of drug-likeness (QED) is 0.834. The minimum atomic E-state index is -1.87. The largest absolute Gasteiger partial charge is 0.493 e. The first-order valence-electron chi connectivity index (χ1n) is 8.66. The molecule has 0 amide bonds. The van der Waals surface area contributed by atoms with Crippen molar-refractivity contribution in [2.24, 2.45) is 11.3 Å². The monoisotopic (exact) mass is 358 g/mol. The molecule has 1 aliphatic carbocycles. The molecule has 3 aliphatic rings. The summed E-state index contributed by atoms with van der Waals surface area (Å²) in [6.07, 6.45) is 5.46. The summed E-state index contributed by atoms with van der Waals surface area (Å²) < 4.78 is 22.4. The topological polar surface area (TPSA) is 74.2 Å². The Hall–Kier alpha value is -2.31. The fourth-order valence-electron chi connectivity index (χ4n) is 4.45. The SMILES string of the molecule is C=CC[C@]12CC=CC(=O)[C@@]1(O)O[C@@H](c1cc(OC)c3c(c1)OCO3)[C@H]2C. The first-order chi connectivity index (χ1) is 12.5. The van der Waals surface area contributed by atoms with Gasteiger partial charge in [-0.25, -0.2) is 0 Å². The number of carbonyl (C=O) groups excluding carboxylic acids is 1. The van der Waals surface area contributed by atoms with Gasteiger partial charge in [0.05, 0.1) is 13.2 Å². The molecule has 0 radical (unpaired) electrons. The van der Waals surface area contributed by atoms with Gasteiger partial charge in [-0.1, -0.05) is 19.1 Å². The minimum Gasteiger partial charge on any atom is -0.493 e. The number of hydrogen-bond acceptors (Lipinski definition) is 6. The van der Waals surface area contributed by atoms with Crippen molar-refractivity contribution in [3.8, 4) is 17.2 Å². The van der Waals surface area contributed by atoms with Crippen LogP contribution in [0.5, 0.6) is 17.2 Å². The highest BCUT2D eigenvalue weighted by atomic mass is 16.7. The Labute approximate surface area is 152 Å². The zero-order valence-corrected chi connectivity index (χ0v) is 14.9. The maximum Gasteiger partial charge on any atom is 0.237 e. The van der Waals surface area contributed by atoms with Gasteiger partial charge >= 0.3 is 0 Å². The van der Waals surface area contributed by atoms with Crippen LogP contribution >= 0.6 is 0 Å². The third kappa shape index (κ3) is 2.09. The Bertz CT molecular complexity index is 800. The molecule has 1 aromatic rings. The van der Waals surface area contributed by atoms with Crippen molar-refractivity contribution in [3.63, 3.8) is 0 Å². The Morgan fingerprint density at radius 1 is 1.42 bits per heavy atom. The van der Waals surface area contributed by atoms with Gasteiger partial charge in [-0.2, -0.15) is 0 Å². The number of carbonyl (C=O) groups is 1. The molecule has 0 aromatic heterocycles. The lowest BCUT2D eigenvalue weighted by Crippen LogP contribution is -2.54. The molecule has 1 saturated heterocycles. The number of allylic oxidation sites excluding steroid dienone is 2. The summed E-state index contributed by atoms with van der Waals surface area (Å²) in [6.45, 7) is 5.94. The minimum absolute atomic E-state index is 0.128. The van der Waals surface area contributed by atoms with Crippen LogP contribution in [0.3, 0.4) is 0 Å². The number of fused-ring (bicyclic) bond motifs is 2. The van der Waals surface area contributed by atoms with E-state index in [1.807, 2.05) is 25.1 Å². The van der Waals surface area contributed by atoms with Gasteiger partial charge in [-0.15, -0.1) is 6.58 Å². The third-order valence-corrected chi connectivity index (χ3v) is 5.90. The first kappa shape index (κ1) is 17.1. The summed E-state index contributed by atoms with van der Waals surface area (Å²) in [5.41, 5.74) is 0.0205. The van der Waals surface area contributed by atoms with E-state index in [0.717, 1.165) is 5.56 Å². The maximum absolute atomic E-state index is 12.5. The standard InChI is InChI=1S/C20H22O6/c1-4-7-19-8-5-6-16(21)20(19,22)26-17(12(19)2)13-9-14(23-3)18-15(10-13)24-11-25-18/h4-6,9-10,12,17,22H,1,7-8,11H2,2-3H3/t12-,17-,19-,20-/m1/s1. The van der Waals surface area contributed by atoms with Gasteiger partial charge in [0.1, 0.15) is 0 Å². The third-order valence-electron chi connectivity index (χ3n) is 5.90. The van der Waals surface area contributed by atoms with E-state index in [-0.39, 0.29) is 12.7 Å². The normalized spacial score (nSPS) is 34.7. The Morgan fingerprint density at radius 3 is 2.96 bits per heavy atom. The lowest BCUT2D eigenvalue weighted by molar-refractivity contribution is -0.229. The number of aliphatic hydroxyl groups is 1. The van der Waals surface area contributed by atoms with Crippen LogP contribution in [0.2, 0.25) is 0 Å². The molecule has 0 unspecified atom stereocenters. The van der Waals surface area contributed by atoms with Crippen LogP contribution in [0, 0.1) is 11.3 Å². The molecule has 2 aliphatic heterocycles. The molecule has 2 heterocycles. The van der Waals surface area contributed by atoms with Crippen molar-refractivity contribution in [1.82, 2.24) is 0 Å². The predicted octanol–water partition coefficient (Wildman–Crippen LogP) is 2.91. The van der Waals surface area contributed by atoms with Gasteiger partial charge in [0.15, 0.2) is 11.5 Å². The predicted molar refractivity (Wildman–Crippen MR) is 93.1 cm³/mol. The zero-order valence-electron chi connectivity index (χ0n) is 14.9. The maximum atomic E-state index is 12.5. The fraction of sp³-hybridized carbons (Fsp3) is 0.450. The van der Waals surface area contributed by atoms with Gasteiger partial charge in [-0.3, -0.25) is 4.79 Å². The van der Waals surface area contributed by atoms with E-state index >= 15 is 0 Å². The number of ether oxygens (including phenoxy) is 4. The summed E-state index contributed by atoms with van der Waals surface area (Å²) in [5, 5.41) is 11.2. The smallest absolute Gasteiger partial charge is 0.237 e. The Morgan fingerprint density at radius 2 is 2.23 bits per heavy atom. The molecule has 4 atom stereocenters. The van der Waals surface area contributed by atoms with E-state index in [4.69, 9.17) is 18.9 Å². The molecular formula is C20H22O6. The molecule has 26 heavy (non-hydrogen) atoms. The molecule has 6 nitrogen and oxygen atoms in total. The Kier molecular flexibility index (Phi) is 3.86. The molecule has 0 spiro atoms. The molecule has 1 fully saturated rings. The highest BCUT2D eigenvalue weighted by Gasteiger charge is 2.66. The van der Waals surface area contributed by atoms with Crippen molar-refractivity contribution in [3.05, 3.63) is 42.5 Å². The molecule has 138 valence electrons. The summed E-state index contributed by atoms with van der Waals surface area (Å²) in [7, 11) is 1.56. The highest BCUT2D eigenvalue weighted by molar-refractivity contribution is 5.97. The van der Waals surface area contributed by atoms with Crippen LogP contribution < -0.4 is 14.2 Å². The van der Waals surface area contributed by atoms with Gasteiger partial charge in [0.2, 0.25) is 24.1 Å². The Balaban J connectivity index is 1.80. The molecule has 4 rings (SSSR count). The van der Waals surface area contributed by atoms with Crippen molar-refractivity contribution < 1.29 is 28.8 Å². The van der Waals surface area contributed by atoms with Crippen molar-refractivity contribution in [2.45, 2.75) is 31.7 Å². The molecule has 1 N–H and O–H groups in total. The second kappa shape index (κ2) is 5.86. The average Bonchev–Trinajstić information content (AvgIpc) is 3.19. The van der Waals surface area contributed by atoms with Crippen molar-refractivity contribution >= 4 is 5.78 Å². The molecule has 0 saturated carbocycles. The summed E-state index contributed by atoms with van der Waals surface area (Å²) in [4.78, 5) is 12.5. The van der Waals surface area contributed by atoms with Crippen LogP contribution in [-0.2, 0) is 9.53 Å². The average molecular weight is 358 g/mol. The summed E-state index contributed by atoms with van der Waals surface area (Å²) >= 11 is 0. The van der Waals surface area contributed by atoms with E-state index in [9.17, 15) is 9.90 Å². The highest BCUT2D eigenvalue weighted by Crippen LogP contribution is 2.61. The molecule has 6 heteroatoms. The number of benzene rings is 1. The number of methoxy groups -OCH3 is 1. The number of rotatable bonds is 4. The van der Waals surface area contributed by atoms with Gasteiger partial charge in [-0.05, 0) is 42.5 Å². The van der Waals surface area contributed by atoms with Gasteiger partial charge in [0.25, 0.3) is 0 Å². The van der Waals surface area contributed by atoms with Gasteiger partial charge in [0, 0.05) is 5.41 Å². The van der Waals surface area contributed by atoms with Gasteiger partial charge < -0.3 is 24.1 Å². The van der Waals surface area contributed by atoms with Crippen molar-refractivity contribution in [2.75, 3.05) is 13.9 Å². The summed E-state index contributed by atoms with van der Waals surface area (Å²) in [6, 6.07) is 3.64. The van der Waals surface area contributed by atoms with Crippen LogP contribution in [0.4, 0.5) is 0 Å². The van der Waals surface area contributed by atoms with E-state index in [0.29, 0.717) is 30.1 Å². The molecule has 0 bridgehead atoms. The first-order valence-corrected chi connectivity index (χ1v) is 8.66. The second-order valence-electron chi connectivity index (χ2n) is 7.05. The molecular weight excluding hydrogens is 336 g/mol. The lowest BCUT2D eigenvalue weighted by atomic mass is 9.62. The van der Waals surface area contributed by atoms with E-state index in [2.05, 4.69) is 6.58 Å². The fourth-order valence-corrected chi connectivity index (χ4v) is 4.45. The van der Waals surface area contributed by atoms with Crippen molar-refractivity contribution in [1.29, 1.82) is 0 Å². The van der Waals surface area contributed by atoms with E-state index in [1.165, 1.54) is 6.08 Å². The summed E-state index contributed by atoms with van der Waals surface area (Å²) in [5.74, 6) is -0.772. The van der Waals surface area contributed by atoms with E-state index in [1.54, 1.807) is 13.2 Å². The number of ketones is 1. The number of hydrogen-bond donors (Lipinski definition) is 1. The van der Waals surface area contributed by atoms with Crippen LogP contribution in [0.1, 0.15) is 31.4 Å². The van der Waals surface area contributed by atoms with Crippen LogP contribution in [0.15, 0.2) is 36.9 Å². The zero-order chi connectivity index (χ0) is 18.5. The lowest BCUT2D eigenvalue weighted by Gasteiger charge is -2.42. The van der Waals surface area contributed by atoms with E-state index < -0.39 is 23.1 Å². The van der Waals surface area contributed by atoms with Crippen LogP contribution in [0.25, 0.3) is 0 Å². The molecule has 1 aromatic carbocycles. The second-order valence-corrected chi connectivity index (χ2v) is 7.05.